The van der Waals surface area contributed by atoms with Crippen molar-refractivity contribution in [2.24, 2.45) is 5.92 Å². The first-order valence-corrected chi connectivity index (χ1v) is 8.55. The van der Waals surface area contributed by atoms with E-state index in [0.29, 0.717) is 25.3 Å². The van der Waals surface area contributed by atoms with Crippen LogP contribution in [0.25, 0.3) is 0 Å². The minimum Gasteiger partial charge on any atom is -0.477 e. The van der Waals surface area contributed by atoms with Gasteiger partial charge in [-0.15, -0.1) is 0 Å². The van der Waals surface area contributed by atoms with Gasteiger partial charge >= 0.3 is 5.97 Å². The Morgan fingerprint density at radius 1 is 1.42 bits per heavy atom. The maximum atomic E-state index is 13.9. The molecule has 1 saturated heterocycles. The molecule has 1 aliphatic rings. The molecule has 0 bridgehead atoms. The lowest BCUT2D eigenvalue weighted by Gasteiger charge is -2.26. The van der Waals surface area contributed by atoms with Gasteiger partial charge in [0.15, 0.2) is 0 Å². The quantitative estimate of drug-likeness (QED) is 0.850. The lowest BCUT2D eigenvalue weighted by molar-refractivity contribution is 0.0248. The Kier molecular flexibility index (Phi) is 5.70. The molecule has 0 saturated carbocycles. The number of aromatic nitrogens is 1. The molecule has 2 aromatic rings. The Bertz CT molecular complexity index is 871. The average Bonchev–Trinajstić information content (AvgIpc) is 2.84. The third-order valence-corrected chi connectivity index (χ3v) is 4.67. The predicted octanol–water partition coefficient (Wildman–Crippen LogP) is 2.32. The number of nitrogens with zero attached hydrogens (tertiary/aromatic N) is 1. The molecule has 1 fully saturated rings. The zero-order valence-corrected chi connectivity index (χ0v) is 14.6. The van der Waals surface area contributed by atoms with Crippen molar-refractivity contribution in [1.29, 1.82) is 0 Å². The number of halogens is 2. The van der Waals surface area contributed by atoms with E-state index in [1.807, 2.05) is 0 Å². The molecule has 2 heterocycles. The van der Waals surface area contributed by atoms with Gasteiger partial charge in [-0.05, 0) is 29.8 Å². The predicted molar refractivity (Wildman–Crippen MR) is 94.1 cm³/mol. The van der Waals surface area contributed by atoms with E-state index in [9.17, 15) is 14.0 Å². The maximum absolute atomic E-state index is 13.9. The molecule has 1 aromatic heterocycles. The lowest BCUT2D eigenvalue weighted by atomic mass is 9.95. The number of carboxylic acid groups (broad SMARTS) is 1. The molecule has 1 aliphatic heterocycles. The number of nitrogens with one attached hydrogen (secondary N) is 1. The third kappa shape index (κ3) is 3.95. The summed E-state index contributed by atoms with van der Waals surface area (Å²) in [6.07, 6.45) is 1.09. The minimum atomic E-state index is -1.27. The number of carbonyl (C=O) groups is 1. The summed E-state index contributed by atoms with van der Waals surface area (Å²) < 4.78 is 21.1. The number of hydrogen-bond donors (Lipinski definition) is 2. The highest BCUT2D eigenvalue weighted by Gasteiger charge is 2.28. The van der Waals surface area contributed by atoms with E-state index >= 15 is 0 Å². The summed E-state index contributed by atoms with van der Waals surface area (Å²) in [6.45, 7) is 1.85. The summed E-state index contributed by atoms with van der Waals surface area (Å²) in [5.74, 6) is -2.00. The van der Waals surface area contributed by atoms with E-state index < -0.39 is 23.4 Å². The van der Waals surface area contributed by atoms with Crippen LogP contribution in [-0.4, -0.2) is 35.3 Å². The Labute approximate surface area is 154 Å². The van der Waals surface area contributed by atoms with Gasteiger partial charge in [-0.1, -0.05) is 17.7 Å². The van der Waals surface area contributed by atoms with E-state index in [1.165, 1.54) is 28.8 Å². The highest BCUT2D eigenvalue weighted by molar-refractivity contribution is 6.30. The van der Waals surface area contributed by atoms with Crippen LogP contribution in [0.4, 0.5) is 4.39 Å². The number of pyridine rings is 1. The topological polar surface area (TPSA) is 80.6 Å². The van der Waals surface area contributed by atoms with E-state index in [1.54, 1.807) is 12.3 Å². The molecule has 0 radical (unpaired) electrons. The Balaban J connectivity index is 1.93. The zero-order valence-electron chi connectivity index (χ0n) is 13.8. The first-order chi connectivity index (χ1) is 12.5. The second-order valence-corrected chi connectivity index (χ2v) is 6.52. The number of aromatic carboxylic acids is 1. The fraction of sp³-hybridized carbons (Fsp3) is 0.333. The lowest BCUT2D eigenvalue weighted by Crippen LogP contribution is -2.33. The van der Waals surface area contributed by atoms with Gasteiger partial charge in [0, 0.05) is 31.7 Å². The fourth-order valence-electron chi connectivity index (χ4n) is 3.10. The van der Waals surface area contributed by atoms with Crippen LogP contribution in [-0.2, 0) is 11.3 Å². The minimum absolute atomic E-state index is 0.0300. The van der Waals surface area contributed by atoms with Gasteiger partial charge in [0.2, 0.25) is 0 Å². The third-order valence-electron chi connectivity index (χ3n) is 4.36. The molecule has 0 spiro atoms. The van der Waals surface area contributed by atoms with Gasteiger partial charge < -0.3 is 19.7 Å². The highest BCUT2D eigenvalue weighted by Crippen LogP contribution is 2.30. The highest BCUT2D eigenvalue weighted by atomic mass is 35.5. The maximum Gasteiger partial charge on any atom is 0.341 e. The first kappa shape index (κ1) is 18.6. The summed E-state index contributed by atoms with van der Waals surface area (Å²) >= 11 is 5.76. The van der Waals surface area contributed by atoms with Gasteiger partial charge in [0.25, 0.3) is 5.56 Å². The summed E-state index contributed by atoms with van der Waals surface area (Å²) in [7, 11) is 0. The first-order valence-electron chi connectivity index (χ1n) is 8.17. The molecule has 26 heavy (non-hydrogen) atoms. The standard InChI is InChI=1S/C18H18ClFN2O4/c19-14-4-3-11(8-15(14)20)16-12(9-21-5-7-26-16)10-22-6-1-2-13(17(22)23)18(24)25/h1-4,6,8,12,16,21H,5,7,9-10H2,(H,24,25)/t12-,16+/m1/s1. The molecule has 3 rings (SSSR count). The van der Waals surface area contributed by atoms with Gasteiger partial charge in [-0.25, -0.2) is 9.18 Å². The number of hydrogen-bond acceptors (Lipinski definition) is 4. The van der Waals surface area contributed by atoms with Crippen LogP contribution in [0.15, 0.2) is 41.3 Å². The van der Waals surface area contributed by atoms with Crippen LogP contribution in [0, 0.1) is 11.7 Å². The average molecular weight is 381 g/mol. The van der Waals surface area contributed by atoms with E-state index in [4.69, 9.17) is 21.4 Å². The van der Waals surface area contributed by atoms with E-state index in [2.05, 4.69) is 5.32 Å². The molecule has 2 N–H and O–H groups in total. The monoisotopic (exact) mass is 380 g/mol. The number of carboxylic acids is 1. The fourth-order valence-corrected chi connectivity index (χ4v) is 3.22. The van der Waals surface area contributed by atoms with Crippen LogP contribution in [0.5, 0.6) is 0 Å². The molecule has 2 atom stereocenters. The molecular weight excluding hydrogens is 363 g/mol. The second kappa shape index (κ2) is 7.99. The van der Waals surface area contributed by atoms with Crippen molar-refractivity contribution in [3.8, 4) is 0 Å². The van der Waals surface area contributed by atoms with Crippen molar-refractivity contribution in [2.75, 3.05) is 19.7 Å². The largest absolute Gasteiger partial charge is 0.477 e. The number of ether oxygens (including phenoxy) is 1. The van der Waals surface area contributed by atoms with Crippen molar-refractivity contribution in [3.63, 3.8) is 0 Å². The van der Waals surface area contributed by atoms with Crippen LogP contribution >= 0.6 is 11.6 Å². The SMILES string of the molecule is O=C(O)c1cccn(C[C@H]2CNCCO[C@H]2c2ccc(Cl)c(F)c2)c1=O. The molecule has 0 amide bonds. The second-order valence-electron chi connectivity index (χ2n) is 6.11. The number of rotatable bonds is 4. The van der Waals surface area contributed by atoms with Crippen molar-refractivity contribution >= 4 is 17.6 Å². The summed E-state index contributed by atoms with van der Waals surface area (Å²) in [5, 5.41) is 12.4. The molecule has 1 aromatic carbocycles. The zero-order chi connectivity index (χ0) is 18.7. The van der Waals surface area contributed by atoms with Gasteiger partial charge in [-0.3, -0.25) is 4.79 Å². The normalized spacial score (nSPS) is 20.5. The van der Waals surface area contributed by atoms with Crippen LogP contribution in [0.3, 0.4) is 0 Å². The summed E-state index contributed by atoms with van der Waals surface area (Å²) in [5.41, 5.74) is -0.239. The molecule has 8 heteroatoms. The van der Waals surface area contributed by atoms with Gasteiger partial charge in [0.1, 0.15) is 11.4 Å². The van der Waals surface area contributed by atoms with E-state index in [0.717, 1.165) is 0 Å². The Hall–Kier alpha value is -2.22. The molecule has 0 aliphatic carbocycles. The van der Waals surface area contributed by atoms with Gasteiger partial charge in [0.05, 0.1) is 17.7 Å². The molecule has 0 unspecified atom stereocenters. The van der Waals surface area contributed by atoms with Crippen molar-refractivity contribution in [1.82, 2.24) is 9.88 Å². The Morgan fingerprint density at radius 2 is 2.23 bits per heavy atom. The van der Waals surface area contributed by atoms with Gasteiger partial charge in [-0.2, -0.15) is 0 Å². The smallest absolute Gasteiger partial charge is 0.341 e. The van der Waals surface area contributed by atoms with Crippen molar-refractivity contribution in [2.45, 2.75) is 12.6 Å². The Morgan fingerprint density at radius 3 is 2.96 bits per heavy atom. The van der Waals surface area contributed by atoms with Crippen LogP contribution < -0.4 is 10.9 Å². The molecule has 6 nitrogen and oxygen atoms in total. The summed E-state index contributed by atoms with van der Waals surface area (Å²) in [6, 6.07) is 7.30. The molecule has 138 valence electrons. The van der Waals surface area contributed by atoms with Crippen LogP contribution in [0.1, 0.15) is 22.0 Å². The summed E-state index contributed by atoms with van der Waals surface area (Å²) in [4.78, 5) is 23.5. The van der Waals surface area contributed by atoms with Crippen molar-refractivity contribution < 1.29 is 19.0 Å². The molecular formula is C18H18ClFN2O4. The van der Waals surface area contributed by atoms with Crippen LogP contribution in [0.2, 0.25) is 5.02 Å². The van der Waals surface area contributed by atoms with E-state index in [-0.39, 0.29) is 23.0 Å². The number of benzene rings is 1. The van der Waals surface area contributed by atoms with Crippen molar-refractivity contribution in [3.05, 3.63) is 68.8 Å².